The van der Waals surface area contributed by atoms with Crippen molar-refractivity contribution in [2.24, 2.45) is 0 Å². The van der Waals surface area contributed by atoms with Gasteiger partial charge in [-0.1, -0.05) is 30.3 Å². The predicted molar refractivity (Wildman–Crippen MR) is 105 cm³/mol. The molecule has 0 bridgehead atoms. The third kappa shape index (κ3) is 4.71. The third-order valence-electron chi connectivity index (χ3n) is 3.86. The highest BCUT2D eigenvalue weighted by Gasteiger charge is 2.18. The number of fused-ring (bicyclic) bond motifs is 1. The van der Waals surface area contributed by atoms with Crippen molar-refractivity contribution in [3.63, 3.8) is 0 Å². The molecule has 1 aromatic heterocycles. The quantitative estimate of drug-likeness (QED) is 0.578. The maximum atomic E-state index is 12.7. The Labute approximate surface area is 158 Å². The van der Waals surface area contributed by atoms with Crippen LogP contribution in [0, 0.1) is 11.3 Å². The lowest BCUT2D eigenvalue weighted by atomic mass is 10.2. The lowest BCUT2D eigenvalue weighted by molar-refractivity contribution is 0.601. The number of para-hydroxylation sites is 2. The van der Waals surface area contributed by atoms with Gasteiger partial charge in [0.25, 0.3) is 10.0 Å². The van der Waals surface area contributed by atoms with Crippen molar-refractivity contribution in [1.82, 2.24) is 9.97 Å². The molecule has 3 aromatic rings. The molecular weight excluding hydrogens is 362 g/mol. The smallest absolute Gasteiger partial charge is 0.263 e. The summed E-state index contributed by atoms with van der Waals surface area (Å²) in [4.78, 5) is 9.09. The van der Waals surface area contributed by atoms with Crippen molar-refractivity contribution in [2.75, 3.05) is 16.6 Å². The van der Waals surface area contributed by atoms with Crippen LogP contribution >= 0.6 is 0 Å². The Morgan fingerprint density at radius 3 is 2.19 bits per heavy atom. The molecule has 2 N–H and O–H groups in total. The van der Waals surface area contributed by atoms with E-state index in [0.717, 1.165) is 12.8 Å². The van der Waals surface area contributed by atoms with Crippen molar-refractivity contribution < 1.29 is 8.42 Å². The zero-order valence-corrected chi connectivity index (χ0v) is 15.4. The standard InChI is InChI=1S/C19H19N5O2S/c20-13-7-2-8-14-21-18-19(23-17-12-6-5-11-16(17)22-18)24-27(25,26)15-9-3-1-4-10-15/h1,3-6,9-12H,2,7-8,14H2,(H,21,22)(H,23,24). The molecule has 3 rings (SSSR count). The number of benzene rings is 2. The molecule has 7 nitrogen and oxygen atoms in total. The molecule has 0 unspecified atom stereocenters. The molecule has 1 heterocycles. The number of anilines is 2. The molecule has 8 heteroatoms. The Kier molecular flexibility index (Phi) is 5.84. The summed E-state index contributed by atoms with van der Waals surface area (Å²) in [6.45, 7) is 0.564. The zero-order chi connectivity index (χ0) is 19.1. The van der Waals surface area contributed by atoms with Gasteiger partial charge in [-0.2, -0.15) is 5.26 Å². The maximum Gasteiger partial charge on any atom is 0.263 e. The number of sulfonamides is 1. The molecule has 0 spiro atoms. The third-order valence-corrected chi connectivity index (χ3v) is 5.22. The molecule has 0 saturated carbocycles. The minimum absolute atomic E-state index is 0.151. The number of unbranched alkanes of at least 4 members (excludes halogenated alkanes) is 2. The number of nitriles is 1. The van der Waals surface area contributed by atoms with E-state index in [4.69, 9.17) is 5.26 Å². The van der Waals surface area contributed by atoms with E-state index in [1.807, 2.05) is 18.2 Å². The highest BCUT2D eigenvalue weighted by molar-refractivity contribution is 7.92. The molecule has 0 aliphatic rings. The van der Waals surface area contributed by atoms with E-state index < -0.39 is 10.0 Å². The molecule has 0 radical (unpaired) electrons. The largest absolute Gasteiger partial charge is 0.367 e. The van der Waals surface area contributed by atoms with E-state index in [-0.39, 0.29) is 10.7 Å². The molecule has 0 aliphatic carbocycles. The van der Waals surface area contributed by atoms with E-state index in [0.29, 0.717) is 29.8 Å². The van der Waals surface area contributed by atoms with Crippen LogP contribution in [0.1, 0.15) is 19.3 Å². The van der Waals surface area contributed by atoms with E-state index >= 15 is 0 Å². The van der Waals surface area contributed by atoms with Crippen LogP contribution in [0.15, 0.2) is 59.5 Å². The summed E-state index contributed by atoms with van der Waals surface area (Å²) >= 11 is 0. The van der Waals surface area contributed by atoms with Gasteiger partial charge in [-0.15, -0.1) is 0 Å². The molecule has 0 atom stereocenters. The van der Waals surface area contributed by atoms with Crippen LogP contribution in [0.25, 0.3) is 11.0 Å². The molecule has 2 aromatic carbocycles. The topological polar surface area (TPSA) is 108 Å². The molecule has 27 heavy (non-hydrogen) atoms. The van der Waals surface area contributed by atoms with Gasteiger partial charge < -0.3 is 5.32 Å². The summed E-state index contributed by atoms with van der Waals surface area (Å²) in [7, 11) is -3.78. The Morgan fingerprint density at radius 1 is 0.889 bits per heavy atom. The van der Waals surface area contributed by atoms with Gasteiger partial charge in [0.2, 0.25) is 0 Å². The second-order valence-corrected chi connectivity index (χ2v) is 7.55. The number of aromatic nitrogens is 2. The summed E-state index contributed by atoms with van der Waals surface area (Å²) in [5.41, 5.74) is 1.26. The number of nitrogens with one attached hydrogen (secondary N) is 2. The van der Waals surface area contributed by atoms with Gasteiger partial charge in [0.1, 0.15) is 0 Å². The highest BCUT2D eigenvalue weighted by Crippen LogP contribution is 2.24. The normalized spacial score (nSPS) is 11.1. The van der Waals surface area contributed by atoms with Crippen LogP contribution < -0.4 is 10.0 Å². The van der Waals surface area contributed by atoms with Gasteiger partial charge in [-0.05, 0) is 37.1 Å². The van der Waals surface area contributed by atoms with Crippen LogP contribution in [0.3, 0.4) is 0 Å². The Morgan fingerprint density at radius 2 is 1.52 bits per heavy atom. The van der Waals surface area contributed by atoms with Crippen molar-refractivity contribution in [3.05, 3.63) is 54.6 Å². The second-order valence-electron chi connectivity index (χ2n) is 5.87. The fourth-order valence-electron chi connectivity index (χ4n) is 2.52. The summed E-state index contributed by atoms with van der Waals surface area (Å²) in [5.74, 6) is 0.517. The number of rotatable bonds is 8. The Balaban J connectivity index is 1.90. The molecule has 0 fully saturated rings. The van der Waals surface area contributed by atoms with Gasteiger partial charge in [-0.25, -0.2) is 18.4 Å². The van der Waals surface area contributed by atoms with Crippen molar-refractivity contribution in [2.45, 2.75) is 24.2 Å². The maximum absolute atomic E-state index is 12.7. The average Bonchev–Trinajstić information content (AvgIpc) is 2.68. The summed E-state index contributed by atoms with van der Waals surface area (Å²) < 4.78 is 27.9. The number of nitrogens with zero attached hydrogens (tertiary/aromatic N) is 3. The van der Waals surface area contributed by atoms with Crippen LogP contribution in [-0.2, 0) is 10.0 Å². The first kappa shape index (κ1) is 18.6. The van der Waals surface area contributed by atoms with Gasteiger partial charge in [-0.3, -0.25) is 4.72 Å². The lowest BCUT2D eigenvalue weighted by Gasteiger charge is -2.13. The van der Waals surface area contributed by atoms with Crippen LogP contribution in [0.2, 0.25) is 0 Å². The molecule has 0 aliphatic heterocycles. The van der Waals surface area contributed by atoms with E-state index in [1.54, 1.807) is 24.3 Å². The number of hydrogen-bond donors (Lipinski definition) is 2. The van der Waals surface area contributed by atoms with E-state index in [1.165, 1.54) is 12.1 Å². The summed E-state index contributed by atoms with van der Waals surface area (Å²) in [6.07, 6.45) is 2.01. The SMILES string of the molecule is N#CCCCCNc1nc2ccccc2nc1NS(=O)(=O)c1ccccc1. The van der Waals surface area contributed by atoms with Gasteiger partial charge in [0.05, 0.1) is 22.0 Å². The minimum Gasteiger partial charge on any atom is -0.367 e. The van der Waals surface area contributed by atoms with E-state index in [2.05, 4.69) is 26.1 Å². The van der Waals surface area contributed by atoms with Crippen LogP contribution in [0.5, 0.6) is 0 Å². The monoisotopic (exact) mass is 381 g/mol. The fraction of sp³-hybridized carbons (Fsp3) is 0.211. The average molecular weight is 381 g/mol. The zero-order valence-electron chi connectivity index (χ0n) is 14.6. The second kappa shape index (κ2) is 8.47. The van der Waals surface area contributed by atoms with Gasteiger partial charge in [0, 0.05) is 13.0 Å². The number of hydrogen-bond acceptors (Lipinski definition) is 6. The molecule has 0 amide bonds. The lowest BCUT2D eigenvalue weighted by Crippen LogP contribution is -2.17. The van der Waals surface area contributed by atoms with Crippen molar-refractivity contribution in [1.29, 1.82) is 5.26 Å². The van der Waals surface area contributed by atoms with Gasteiger partial charge >= 0.3 is 0 Å². The van der Waals surface area contributed by atoms with Gasteiger partial charge in [0.15, 0.2) is 11.6 Å². The first-order chi connectivity index (χ1) is 13.1. The fourth-order valence-corrected chi connectivity index (χ4v) is 3.55. The minimum atomic E-state index is -3.78. The van der Waals surface area contributed by atoms with Crippen molar-refractivity contribution in [3.8, 4) is 6.07 Å². The Bertz CT molecular complexity index is 1060. The summed E-state index contributed by atoms with van der Waals surface area (Å²) in [6, 6.07) is 17.5. The molecular formula is C19H19N5O2S. The van der Waals surface area contributed by atoms with Crippen molar-refractivity contribution >= 4 is 32.7 Å². The van der Waals surface area contributed by atoms with Crippen LogP contribution in [0.4, 0.5) is 11.6 Å². The molecule has 138 valence electrons. The highest BCUT2D eigenvalue weighted by atomic mass is 32.2. The van der Waals surface area contributed by atoms with Crippen LogP contribution in [-0.4, -0.2) is 24.9 Å². The first-order valence-electron chi connectivity index (χ1n) is 8.55. The summed E-state index contributed by atoms with van der Waals surface area (Å²) in [5, 5.41) is 11.7. The first-order valence-corrected chi connectivity index (χ1v) is 10.0. The Hall–Kier alpha value is -3.18. The van der Waals surface area contributed by atoms with E-state index in [9.17, 15) is 8.42 Å². The molecule has 0 saturated heterocycles. The predicted octanol–water partition coefficient (Wildman–Crippen LogP) is 3.54.